The molecule has 0 aliphatic heterocycles. The molecule has 0 N–H and O–H groups in total. The largest absolute Gasteiger partial charge is 0.491 e. The van der Waals surface area contributed by atoms with Crippen molar-refractivity contribution < 1.29 is 22.7 Å². The molecule has 0 bridgehead atoms. The van der Waals surface area contributed by atoms with Crippen LogP contribution in [-0.4, -0.2) is 12.1 Å². The summed E-state index contributed by atoms with van der Waals surface area (Å²) in [5.41, 5.74) is 1.29. The quantitative estimate of drug-likeness (QED) is 0.343. The zero-order valence-corrected chi connectivity index (χ0v) is 12.7. The third-order valence-corrected chi connectivity index (χ3v) is 3.14. The lowest BCUT2D eigenvalue weighted by Gasteiger charge is -2.07. The summed E-state index contributed by atoms with van der Waals surface area (Å²) in [6.45, 7) is 0. The highest BCUT2D eigenvalue weighted by Crippen LogP contribution is 2.24. The van der Waals surface area contributed by atoms with Crippen LogP contribution < -0.4 is 4.74 Å². The van der Waals surface area contributed by atoms with E-state index in [1.807, 2.05) is 6.07 Å². The van der Waals surface area contributed by atoms with Gasteiger partial charge in [0, 0.05) is 5.02 Å². The van der Waals surface area contributed by atoms with E-state index in [1.165, 1.54) is 24.3 Å². The Kier molecular flexibility index (Phi) is 5.27. The fraction of sp³-hybridized carbons (Fsp3) is 0.0588. The Labute approximate surface area is 140 Å². The predicted octanol–water partition coefficient (Wildman–Crippen LogP) is 4.87. The maximum Gasteiger partial charge on any atom is 0.491 e. The maximum atomic E-state index is 12.2. The number of hydrogen-bond acceptors (Lipinski definition) is 3. The van der Waals surface area contributed by atoms with Crippen LogP contribution in [0, 0.1) is 11.3 Å². The second-order valence-electron chi connectivity index (χ2n) is 4.64. The number of rotatable bonds is 3. The summed E-state index contributed by atoms with van der Waals surface area (Å²) in [5.74, 6) is -2.57. The van der Waals surface area contributed by atoms with Crippen molar-refractivity contribution in [3.05, 3.63) is 64.7 Å². The predicted molar refractivity (Wildman–Crippen MR) is 83.1 cm³/mol. The van der Waals surface area contributed by atoms with Gasteiger partial charge in [0.25, 0.3) is 0 Å². The molecule has 0 aliphatic rings. The molecule has 122 valence electrons. The van der Waals surface area contributed by atoms with Crippen LogP contribution in [0.2, 0.25) is 5.02 Å². The first-order valence-electron chi connectivity index (χ1n) is 6.56. The van der Waals surface area contributed by atoms with Crippen molar-refractivity contribution in [1.29, 1.82) is 5.26 Å². The van der Waals surface area contributed by atoms with Gasteiger partial charge in [-0.25, -0.2) is 4.79 Å². The Morgan fingerprint density at radius 1 is 1.17 bits per heavy atom. The topological polar surface area (TPSA) is 50.1 Å². The van der Waals surface area contributed by atoms with Gasteiger partial charge in [-0.1, -0.05) is 35.9 Å². The fourth-order valence-electron chi connectivity index (χ4n) is 1.81. The molecule has 0 unspecified atom stereocenters. The Balaban J connectivity index is 2.29. The molecule has 0 saturated heterocycles. The number of alkyl halides is 3. The summed E-state index contributed by atoms with van der Waals surface area (Å²) in [5, 5.41) is 9.76. The van der Waals surface area contributed by atoms with Crippen LogP contribution in [0.15, 0.2) is 48.5 Å². The highest BCUT2D eigenvalue weighted by atomic mass is 35.5. The molecule has 0 atom stereocenters. The zero-order valence-electron chi connectivity index (χ0n) is 12.0. The van der Waals surface area contributed by atoms with E-state index in [-0.39, 0.29) is 11.3 Å². The van der Waals surface area contributed by atoms with Gasteiger partial charge in [-0.2, -0.15) is 18.4 Å². The van der Waals surface area contributed by atoms with Gasteiger partial charge in [-0.15, -0.1) is 0 Å². The Bertz CT molecular complexity index is 821. The molecule has 0 aromatic heterocycles. The third kappa shape index (κ3) is 4.61. The molecule has 0 saturated carbocycles. The average molecular weight is 352 g/mol. The number of allylic oxidation sites excluding steroid dienone is 1. The Morgan fingerprint density at radius 2 is 1.83 bits per heavy atom. The van der Waals surface area contributed by atoms with E-state index in [0.717, 1.165) is 0 Å². The van der Waals surface area contributed by atoms with E-state index in [0.29, 0.717) is 16.1 Å². The molecule has 2 rings (SSSR count). The second-order valence-corrected chi connectivity index (χ2v) is 5.07. The number of benzene rings is 2. The zero-order chi connectivity index (χ0) is 17.7. The van der Waals surface area contributed by atoms with Crippen LogP contribution in [0.5, 0.6) is 5.75 Å². The van der Waals surface area contributed by atoms with Crippen LogP contribution in [0.4, 0.5) is 13.2 Å². The average Bonchev–Trinajstić information content (AvgIpc) is 2.53. The maximum absolute atomic E-state index is 12.2. The molecule has 0 spiro atoms. The van der Waals surface area contributed by atoms with E-state index in [1.54, 1.807) is 30.3 Å². The van der Waals surface area contributed by atoms with Crippen molar-refractivity contribution in [1.82, 2.24) is 0 Å². The smallest absolute Gasteiger partial charge is 0.420 e. The molecule has 0 heterocycles. The highest BCUT2D eigenvalue weighted by Gasteiger charge is 2.41. The van der Waals surface area contributed by atoms with Crippen molar-refractivity contribution in [2.75, 3.05) is 0 Å². The fourth-order valence-corrected chi connectivity index (χ4v) is 1.93. The number of esters is 1. The minimum atomic E-state index is -5.08. The van der Waals surface area contributed by atoms with Crippen LogP contribution in [0.25, 0.3) is 11.6 Å². The normalized spacial score (nSPS) is 11.7. The number of carbonyl (C=O) groups excluding carboxylic acids is 1. The molecular formula is C17H9ClF3NO2. The van der Waals surface area contributed by atoms with Crippen LogP contribution in [-0.2, 0) is 4.79 Å². The van der Waals surface area contributed by atoms with E-state index in [9.17, 15) is 23.2 Å². The molecular weight excluding hydrogens is 343 g/mol. The molecule has 7 heteroatoms. The summed E-state index contributed by atoms with van der Waals surface area (Å²) in [4.78, 5) is 10.8. The van der Waals surface area contributed by atoms with Crippen molar-refractivity contribution in [2.24, 2.45) is 0 Å². The van der Waals surface area contributed by atoms with E-state index < -0.39 is 12.1 Å². The van der Waals surface area contributed by atoms with Crippen molar-refractivity contribution in [3.8, 4) is 11.8 Å². The van der Waals surface area contributed by atoms with E-state index in [2.05, 4.69) is 4.74 Å². The third-order valence-electron chi connectivity index (χ3n) is 2.89. The highest BCUT2D eigenvalue weighted by molar-refractivity contribution is 6.30. The molecule has 2 aromatic carbocycles. The first kappa shape index (κ1) is 17.6. The van der Waals surface area contributed by atoms with E-state index in [4.69, 9.17) is 11.6 Å². The standard InChI is InChI=1S/C17H9ClF3NO2/c18-14-6-4-12(5-7-14)13(10-22)8-11-2-1-3-15(9-11)24-16(23)17(19,20)21/h1-9H/b13-8-. The van der Waals surface area contributed by atoms with Gasteiger partial charge in [-0.05, 0) is 41.5 Å². The molecule has 0 aliphatic carbocycles. The van der Waals surface area contributed by atoms with Gasteiger partial charge in [0.1, 0.15) is 5.75 Å². The van der Waals surface area contributed by atoms with Crippen LogP contribution in [0.3, 0.4) is 0 Å². The van der Waals surface area contributed by atoms with E-state index >= 15 is 0 Å². The SMILES string of the molecule is N#C/C(=C/c1cccc(OC(=O)C(F)(F)F)c1)c1ccc(Cl)cc1. The Morgan fingerprint density at radius 3 is 2.42 bits per heavy atom. The summed E-state index contributed by atoms with van der Waals surface area (Å²) in [7, 11) is 0. The van der Waals surface area contributed by atoms with Gasteiger partial charge < -0.3 is 4.74 Å². The van der Waals surface area contributed by atoms with Gasteiger partial charge in [0.2, 0.25) is 0 Å². The first-order valence-corrected chi connectivity index (χ1v) is 6.94. The van der Waals surface area contributed by atoms with Gasteiger partial charge in [0.05, 0.1) is 11.6 Å². The van der Waals surface area contributed by atoms with Crippen molar-refractivity contribution in [2.45, 2.75) is 6.18 Å². The summed E-state index contributed by atoms with van der Waals surface area (Å²) in [6.07, 6.45) is -3.61. The second kappa shape index (κ2) is 7.20. The van der Waals surface area contributed by atoms with Crippen molar-refractivity contribution in [3.63, 3.8) is 0 Å². The minimum absolute atomic E-state index is 0.264. The number of halogens is 4. The summed E-state index contributed by atoms with van der Waals surface area (Å²) in [6, 6.07) is 14.0. The Hall–Kier alpha value is -2.78. The monoisotopic (exact) mass is 351 g/mol. The van der Waals surface area contributed by atoms with Crippen molar-refractivity contribution >= 4 is 29.2 Å². The van der Waals surface area contributed by atoms with Gasteiger partial charge in [0.15, 0.2) is 0 Å². The van der Waals surface area contributed by atoms with Crippen LogP contribution in [0.1, 0.15) is 11.1 Å². The molecule has 2 aromatic rings. The van der Waals surface area contributed by atoms with Gasteiger partial charge >= 0.3 is 12.1 Å². The lowest BCUT2D eigenvalue weighted by atomic mass is 10.0. The lowest BCUT2D eigenvalue weighted by molar-refractivity contribution is -0.189. The number of ether oxygens (including phenoxy) is 1. The molecule has 0 amide bonds. The number of carbonyl (C=O) groups is 1. The first-order chi connectivity index (χ1) is 11.3. The summed E-state index contributed by atoms with van der Waals surface area (Å²) < 4.78 is 40.9. The molecule has 24 heavy (non-hydrogen) atoms. The number of hydrogen-bond donors (Lipinski definition) is 0. The molecule has 3 nitrogen and oxygen atoms in total. The summed E-state index contributed by atoms with van der Waals surface area (Å²) >= 11 is 5.78. The lowest BCUT2D eigenvalue weighted by Crippen LogP contribution is -2.27. The number of nitriles is 1. The van der Waals surface area contributed by atoms with Gasteiger partial charge in [-0.3, -0.25) is 0 Å². The molecule has 0 fully saturated rings. The molecule has 0 radical (unpaired) electrons. The number of nitrogens with zero attached hydrogens (tertiary/aromatic N) is 1. The van der Waals surface area contributed by atoms with Crippen LogP contribution >= 0.6 is 11.6 Å². The minimum Gasteiger partial charge on any atom is -0.420 e.